The van der Waals surface area contributed by atoms with Crippen molar-refractivity contribution in [3.63, 3.8) is 0 Å². The first kappa shape index (κ1) is 18.9. The summed E-state index contributed by atoms with van der Waals surface area (Å²) in [5, 5.41) is 13.0. The highest BCUT2D eigenvalue weighted by Gasteiger charge is 2.27. The van der Waals surface area contributed by atoms with Crippen LogP contribution in [0.15, 0.2) is 24.3 Å². The molecule has 0 aromatic heterocycles. The molecule has 2 aromatic carbocycles. The molecule has 1 aliphatic carbocycles. The Labute approximate surface area is 159 Å². The molecule has 6 nitrogen and oxygen atoms in total. The number of hydrogen-bond donors (Lipinski definition) is 2. The SMILES string of the molecule is COc1cc2c(c(OC)c1OC)-c1ccc(O)cc1CC(NC(C)=O)CC2. The van der Waals surface area contributed by atoms with Gasteiger partial charge >= 0.3 is 0 Å². The predicted molar refractivity (Wildman–Crippen MR) is 103 cm³/mol. The van der Waals surface area contributed by atoms with E-state index in [9.17, 15) is 9.90 Å². The quantitative estimate of drug-likeness (QED) is 0.864. The van der Waals surface area contributed by atoms with Crippen molar-refractivity contribution < 1.29 is 24.1 Å². The summed E-state index contributed by atoms with van der Waals surface area (Å²) in [5.41, 5.74) is 3.88. The molecular weight excluding hydrogens is 346 g/mol. The first-order chi connectivity index (χ1) is 13.0. The standard InChI is InChI=1S/C21H25NO5/c1-12(23)22-15-6-5-13-11-18(25-2)20(26-3)21(27-4)19(13)17-8-7-16(24)10-14(17)9-15/h7-8,10-11,15,24H,5-6,9H2,1-4H3,(H,22,23). The van der Waals surface area contributed by atoms with E-state index in [-0.39, 0.29) is 17.7 Å². The van der Waals surface area contributed by atoms with Gasteiger partial charge in [0.05, 0.1) is 21.3 Å². The molecule has 0 radical (unpaired) electrons. The number of nitrogens with one attached hydrogen (secondary N) is 1. The molecule has 144 valence electrons. The summed E-state index contributed by atoms with van der Waals surface area (Å²) in [6.45, 7) is 1.52. The Bertz CT molecular complexity index is 862. The zero-order valence-corrected chi connectivity index (χ0v) is 16.1. The first-order valence-electron chi connectivity index (χ1n) is 8.89. The van der Waals surface area contributed by atoms with Crippen LogP contribution in [0, 0.1) is 0 Å². The molecule has 1 aliphatic rings. The molecule has 0 heterocycles. The van der Waals surface area contributed by atoms with Gasteiger partial charge in [-0.15, -0.1) is 0 Å². The second-order valence-corrected chi connectivity index (χ2v) is 6.66. The molecule has 0 aliphatic heterocycles. The first-order valence-corrected chi connectivity index (χ1v) is 8.89. The molecular formula is C21H25NO5. The van der Waals surface area contributed by atoms with E-state index >= 15 is 0 Å². The van der Waals surface area contributed by atoms with Crippen molar-refractivity contribution in [2.24, 2.45) is 0 Å². The number of aryl methyl sites for hydroxylation is 1. The third-order valence-electron chi connectivity index (χ3n) is 4.91. The van der Waals surface area contributed by atoms with Crippen LogP contribution >= 0.6 is 0 Å². The van der Waals surface area contributed by atoms with Crippen LogP contribution in [0.3, 0.4) is 0 Å². The fourth-order valence-corrected chi connectivity index (χ4v) is 3.80. The minimum Gasteiger partial charge on any atom is -0.508 e. The van der Waals surface area contributed by atoms with Gasteiger partial charge in [0, 0.05) is 18.5 Å². The third kappa shape index (κ3) is 3.65. The predicted octanol–water partition coefficient (Wildman–Crippen LogP) is 3.08. The summed E-state index contributed by atoms with van der Waals surface area (Å²) >= 11 is 0. The van der Waals surface area contributed by atoms with E-state index in [1.165, 1.54) is 6.92 Å². The average Bonchev–Trinajstić information content (AvgIpc) is 2.63. The fraction of sp³-hybridized carbons (Fsp3) is 0.381. The molecule has 27 heavy (non-hydrogen) atoms. The molecule has 0 fully saturated rings. The number of phenolic OH excluding ortho intramolecular Hbond substituents is 1. The minimum atomic E-state index is -0.0626. The third-order valence-corrected chi connectivity index (χ3v) is 4.91. The normalized spacial score (nSPS) is 15.6. The van der Waals surface area contributed by atoms with Gasteiger partial charge in [0.1, 0.15) is 5.75 Å². The van der Waals surface area contributed by atoms with Crippen molar-refractivity contribution in [2.75, 3.05) is 21.3 Å². The lowest BCUT2D eigenvalue weighted by atomic mass is 9.85. The molecule has 2 N–H and O–H groups in total. The maximum Gasteiger partial charge on any atom is 0.217 e. The van der Waals surface area contributed by atoms with Crippen LogP contribution in [-0.2, 0) is 17.6 Å². The number of methoxy groups -OCH3 is 3. The van der Waals surface area contributed by atoms with E-state index < -0.39 is 0 Å². The zero-order chi connectivity index (χ0) is 19.6. The van der Waals surface area contributed by atoms with Crippen LogP contribution in [0.2, 0.25) is 0 Å². The molecule has 0 bridgehead atoms. The van der Waals surface area contributed by atoms with E-state index in [4.69, 9.17) is 14.2 Å². The summed E-state index contributed by atoms with van der Waals surface area (Å²) in [4.78, 5) is 11.6. The molecule has 2 aromatic rings. The Morgan fingerprint density at radius 1 is 1.07 bits per heavy atom. The summed E-state index contributed by atoms with van der Waals surface area (Å²) in [7, 11) is 4.79. The van der Waals surface area contributed by atoms with Gasteiger partial charge in [0.2, 0.25) is 11.7 Å². The summed E-state index contributed by atoms with van der Waals surface area (Å²) in [6.07, 6.45) is 2.14. The van der Waals surface area contributed by atoms with Gasteiger partial charge in [-0.1, -0.05) is 6.07 Å². The van der Waals surface area contributed by atoms with Gasteiger partial charge < -0.3 is 24.6 Å². The molecule has 1 amide bonds. The average molecular weight is 371 g/mol. The van der Waals surface area contributed by atoms with E-state index in [1.807, 2.05) is 12.1 Å². The number of carbonyl (C=O) groups excluding carboxylic acids is 1. The number of hydrogen-bond acceptors (Lipinski definition) is 5. The topological polar surface area (TPSA) is 77.0 Å². The second-order valence-electron chi connectivity index (χ2n) is 6.66. The number of benzene rings is 2. The van der Waals surface area contributed by atoms with Gasteiger partial charge in [0.25, 0.3) is 0 Å². The van der Waals surface area contributed by atoms with Crippen molar-refractivity contribution in [1.29, 1.82) is 0 Å². The van der Waals surface area contributed by atoms with E-state index in [0.29, 0.717) is 23.7 Å². The van der Waals surface area contributed by atoms with Gasteiger partial charge in [-0.25, -0.2) is 0 Å². The smallest absolute Gasteiger partial charge is 0.217 e. The Hall–Kier alpha value is -2.89. The summed E-state index contributed by atoms with van der Waals surface area (Å²) in [6, 6.07) is 7.23. The highest BCUT2D eigenvalue weighted by Crippen LogP contribution is 2.49. The van der Waals surface area contributed by atoms with Crippen molar-refractivity contribution in [3.05, 3.63) is 35.4 Å². The second kappa shape index (κ2) is 7.78. The Kier molecular flexibility index (Phi) is 5.44. The highest BCUT2D eigenvalue weighted by atomic mass is 16.5. The molecule has 3 rings (SSSR count). The van der Waals surface area contributed by atoms with Crippen LogP contribution in [0.5, 0.6) is 23.0 Å². The number of phenols is 1. The lowest BCUT2D eigenvalue weighted by Crippen LogP contribution is -2.36. The van der Waals surface area contributed by atoms with Crippen molar-refractivity contribution in [3.8, 4) is 34.1 Å². The van der Waals surface area contributed by atoms with Crippen LogP contribution < -0.4 is 19.5 Å². The highest BCUT2D eigenvalue weighted by molar-refractivity contribution is 5.82. The van der Waals surface area contributed by atoms with E-state index in [2.05, 4.69) is 5.32 Å². The number of aromatic hydroxyl groups is 1. The van der Waals surface area contributed by atoms with Crippen LogP contribution in [-0.4, -0.2) is 38.4 Å². The Morgan fingerprint density at radius 2 is 1.81 bits per heavy atom. The monoisotopic (exact) mass is 371 g/mol. The lowest BCUT2D eigenvalue weighted by Gasteiger charge is -2.27. The molecule has 1 atom stereocenters. The lowest BCUT2D eigenvalue weighted by molar-refractivity contribution is -0.119. The van der Waals surface area contributed by atoms with Gasteiger partial charge in [-0.05, 0) is 54.2 Å². The largest absolute Gasteiger partial charge is 0.508 e. The molecule has 0 saturated carbocycles. The molecule has 0 spiro atoms. The number of fused-ring (bicyclic) bond motifs is 3. The molecule has 0 saturated heterocycles. The van der Waals surface area contributed by atoms with Crippen molar-refractivity contribution >= 4 is 5.91 Å². The van der Waals surface area contributed by atoms with Crippen LogP contribution in [0.1, 0.15) is 24.5 Å². The number of rotatable bonds is 4. The molecule has 1 unspecified atom stereocenters. The van der Waals surface area contributed by atoms with E-state index in [0.717, 1.165) is 35.1 Å². The number of amides is 1. The summed E-state index contributed by atoms with van der Waals surface area (Å²) in [5.74, 6) is 1.88. The maximum absolute atomic E-state index is 11.6. The fourth-order valence-electron chi connectivity index (χ4n) is 3.80. The minimum absolute atomic E-state index is 0.0182. The zero-order valence-electron chi connectivity index (χ0n) is 16.1. The maximum atomic E-state index is 11.6. The van der Waals surface area contributed by atoms with Crippen LogP contribution in [0.25, 0.3) is 11.1 Å². The Balaban J connectivity index is 2.25. The van der Waals surface area contributed by atoms with E-state index in [1.54, 1.807) is 33.5 Å². The Morgan fingerprint density at radius 3 is 2.44 bits per heavy atom. The van der Waals surface area contributed by atoms with Crippen LogP contribution in [0.4, 0.5) is 0 Å². The van der Waals surface area contributed by atoms with Crippen molar-refractivity contribution in [2.45, 2.75) is 32.2 Å². The van der Waals surface area contributed by atoms with Gasteiger partial charge in [-0.2, -0.15) is 0 Å². The number of carbonyl (C=O) groups is 1. The summed E-state index contributed by atoms with van der Waals surface area (Å²) < 4.78 is 16.8. The molecule has 6 heteroatoms. The van der Waals surface area contributed by atoms with Gasteiger partial charge in [0.15, 0.2) is 11.5 Å². The van der Waals surface area contributed by atoms with Crippen molar-refractivity contribution in [1.82, 2.24) is 5.32 Å². The number of ether oxygens (including phenoxy) is 3. The van der Waals surface area contributed by atoms with Gasteiger partial charge in [-0.3, -0.25) is 4.79 Å².